The van der Waals surface area contributed by atoms with Crippen LogP contribution in [0.4, 0.5) is 5.13 Å². The molecule has 0 fully saturated rings. The summed E-state index contributed by atoms with van der Waals surface area (Å²) in [5, 5.41) is 15.8. The predicted octanol–water partition coefficient (Wildman–Crippen LogP) is 5.12. The second kappa shape index (κ2) is 11.0. The van der Waals surface area contributed by atoms with Crippen LogP contribution in [0.5, 0.6) is 0 Å². The highest BCUT2D eigenvalue weighted by Crippen LogP contribution is 2.30. The van der Waals surface area contributed by atoms with Gasteiger partial charge in [0.05, 0.1) is 17.5 Å². The van der Waals surface area contributed by atoms with Crippen molar-refractivity contribution in [3.05, 3.63) is 75.9 Å². The molecule has 0 aliphatic carbocycles. The van der Waals surface area contributed by atoms with Gasteiger partial charge < -0.3 is 15.2 Å². The number of thioether (sulfide) groups is 1. The zero-order valence-electron chi connectivity index (χ0n) is 19.3. The van der Waals surface area contributed by atoms with E-state index in [-0.39, 0.29) is 17.6 Å². The third-order valence-corrected chi connectivity index (χ3v) is 7.25. The molecule has 1 unspecified atom stereocenters. The third-order valence-electron chi connectivity index (χ3n) is 5.11. The molecule has 0 bridgehead atoms. The van der Waals surface area contributed by atoms with E-state index in [4.69, 9.17) is 11.6 Å². The maximum Gasteiger partial charge on any atom is 0.251 e. The van der Waals surface area contributed by atoms with E-state index in [1.807, 2.05) is 44.2 Å². The van der Waals surface area contributed by atoms with Crippen molar-refractivity contribution >= 4 is 51.6 Å². The summed E-state index contributed by atoms with van der Waals surface area (Å²) in [5.74, 6) is 0.279. The van der Waals surface area contributed by atoms with Gasteiger partial charge in [-0.3, -0.25) is 9.59 Å². The molecule has 0 aliphatic rings. The van der Waals surface area contributed by atoms with Crippen molar-refractivity contribution in [2.45, 2.75) is 25.0 Å². The summed E-state index contributed by atoms with van der Waals surface area (Å²) < 4.78 is 1.77. The summed E-state index contributed by atoms with van der Waals surface area (Å²) in [7, 11) is 1.80. The van der Waals surface area contributed by atoms with Crippen molar-refractivity contribution in [1.82, 2.24) is 25.1 Å². The average molecular weight is 527 g/mol. The van der Waals surface area contributed by atoms with Crippen LogP contribution in [0, 0.1) is 6.92 Å². The van der Waals surface area contributed by atoms with Gasteiger partial charge >= 0.3 is 0 Å². The first-order valence-electron chi connectivity index (χ1n) is 10.7. The molecule has 2 aromatic heterocycles. The molecule has 1 atom stereocenters. The molecule has 2 amide bonds. The van der Waals surface area contributed by atoms with E-state index in [0.717, 1.165) is 16.1 Å². The monoisotopic (exact) mass is 526 g/mol. The smallest absolute Gasteiger partial charge is 0.251 e. The van der Waals surface area contributed by atoms with Crippen molar-refractivity contribution in [2.75, 3.05) is 11.1 Å². The van der Waals surface area contributed by atoms with E-state index >= 15 is 0 Å². The second-order valence-corrected chi connectivity index (χ2v) is 10.3. The Balaban J connectivity index is 1.34. The van der Waals surface area contributed by atoms with Crippen LogP contribution in [0.1, 0.15) is 34.0 Å². The minimum Gasteiger partial charge on any atom is -0.342 e. The average Bonchev–Trinajstić information content (AvgIpc) is 3.39. The minimum atomic E-state index is -0.392. The van der Waals surface area contributed by atoms with Gasteiger partial charge in [-0.25, -0.2) is 4.98 Å². The lowest BCUT2D eigenvalue weighted by atomic mass is 10.1. The molecular formula is C24H23ClN6O2S2. The minimum absolute atomic E-state index is 0.147. The molecule has 0 radical (unpaired) electrons. The molecule has 2 aromatic carbocycles. The summed E-state index contributed by atoms with van der Waals surface area (Å²) in [6, 6.07) is 16.2. The molecule has 11 heteroatoms. The molecule has 8 nitrogen and oxygen atoms in total. The maximum atomic E-state index is 12.5. The van der Waals surface area contributed by atoms with E-state index in [0.29, 0.717) is 26.7 Å². The Bertz CT molecular complexity index is 1360. The molecule has 4 aromatic rings. The number of carbonyl (C=O) groups is 2. The SMILES string of the molecule is Cc1sc(NC(=O)CSc2nnc(C(C)NC(=O)c3cccc(Cl)c3)n2C)nc1-c1ccccc1. The lowest BCUT2D eigenvalue weighted by molar-refractivity contribution is -0.113. The summed E-state index contributed by atoms with van der Waals surface area (Å²) in [6.07, 6.45) is 0. The number of aromatic nitrogens is 4. The topological polar surface area (TPSA) is 102 Å². The number of nitrogens with zero attached hydrogens (tertiary/aromatic N) is 4. The number of amides is 2. The first-order valence-corrected chi connectivity index (χ1v) is 12.9. The van der Waals surface area contributed by atoms with E-state index in [2.05, 4.69) is 25.8 Å². The largest absolute Gasteiger partial charge is 0.342 e. The van der Waals surface area contributed by atoms with Crippen LogP contribution in [0.3, 0.4) is 0 Å². The molecule has 0 saturated carbocycles. The normalized spacial score (nSPS) is 11.8. The summed E-state index contributed by atoms with van der Waals surface area (Å²) in [6.45, 7) is 3.81. The van der Waals surface area contributed by atoms with Gasteiger partial charge in [0.1, 0.15) is 0 Å². The number of carbonyl (C=O) groups excluding carboxylic acids is 2. The highest BCUT2D eigenvalue weighted by molar-refractivity contribution is 7.99. The number of hydrogen-bond donors (Lipinski definition) is 2. The first kappa shape index (κ1) is 24.9. The molecule has 35 heavy (non-hydrogen) atoms. The van der Waals surface area contributed by atoms with Crippen molar-refractivity contribution < 1.29 is 9.59 Å². The van der Waals surface area contributed by atoms with Gasteiger partial charge in [0.2, 0.25) is 5.91 Å². The fraction of sp³-hybridized carbons (Fsp3) is 0.208. The zero-order valence-corrected chi connectivity index (χ0v) is 21.7. The van der Waals surface area contributed by atoms with Crippen molar-refractivity contribution in [2.24, 2.45) is 7.05 Å². The molecule has 180 valence electrons. The Morgan fingerprint density at radius 3 is 2.66 bits per heavy atom. The quantitative estimate of drug-likeness (QED) is 0.309. The second-order valence-electron chi connectivity index (χ2n) is 7.73. The summed E-state index contributed by atoms with van der Waals surface area (Å²) in [4.78, 5) is 30.7. The van der Waals surface area contributed by atoms with E-state index in [1.54, 1.807) is 35.9 Å². The Hall–Kier alpha value is -3.21. The number of nitrogens with one attached hydrogen (secondary N) is 2. The highest BCUT2D eigenvalue weighted by Gasteiger charge is 2.19. The van der Waals surface area contributed by atoms with Crippen molar-refractivity contribution in [3.8, 4) is 11.3 Å². The zero-order chi connectivity index (χ0) is 24.9. The van der Waals surface area contributed by atoms with Gasteiger partial charge in [-0.2, -0.15) is 0 Å². The summed E-state index contributed by atoms with van der Waals surface area (Å²) >= 11 is 8.68. The molecular weight excluding hydrogens is 504 g/mol. The molecule has 0 aliphatic heterocycles. The Kier molecular flexibility index (Phi) is 7.84. The van der Waals surface area contributed by atoms with Gasteiger partial charge in [-0.05, 0) is 32.0 Å². The van der Waals surface area contributed by atoms with Crippen LogP contribution in [-0.4, -0.2) is 37.3 Å². The predicted molar refractivity (Wildman–Crippen MR) is 140 cm³/mol. The van der Waals surface area contributed by atoms with Crippen LogP contribution in [0.2, 0.25) is 5.02 Å². The Morgan fingerprint density at radius 1 is 1.14 bits per heavy atom. The van der Waals surface area contributed by atoms with Crippen molar-refractivity contribution in [3.63, 3.8) is 0 Å². The molecule has 0 saturated heterocycles. The van der Waals surface area contributed by atoms with Gasteiger partial charge in [-0.1, -0.05) is 59.8 Å². The van der Waals surface area contributed by atoms with E-state index in [9.17, 15) is 9.59 Å². The molecule has 2 N–H and O–H groups in total. The van der Waals surface area contributed by atoms with Crippen LogP contribution in [0.25, 0.3) is 11.3 Å². The maximum absolute atomic E-state index is 12.5. The van der Waals surface area contributed by atoms with Crippen LogP contribution >= 0.6 is 34.7 Å². The lowest BCUT2D eigenvalue weighted by Crippen LogP contribution is -2.28. The fourth-order valence-electron chi connectivity index (χ4n) is 3.40. The van der Waals surface area contributed by atoms with Crippen LogP contribution < -0.4 is 10.6 Å². The summed E-state index contributed by atoms with van der Waals surface area (Å²) in [5.41, 5.74) is 2.34. The third kappa shape index (κ3) is 6.08. The number of hydrogen-bond acceptors (Lipinski definition) is 7. The van der Waals surface area contributed by atoms with Crippen LogP contribution in [0.15, 0.2) is 59.8 Å². The standard InChI is InChI=1S/C24H23ClN6O2S2/c1-14(26-22(33)17-10-7-11-18(25)12-17)21-29-30-24(31(21)3)34-13-19(32)27-23-28-20(15(2)35-23)16-8-5-4-6-9-16/h4-12,14H,13H2,1-3H3,(H,26,33)(H,27,28,32). The number of anilines is 1. The highest BCUT2D eigenvalue weighted by atomic mass is 35.5. The molecule has 0 spiro atoms. The van der Waals surface area contributed by atoms with Gasteiger partial charge in [0.15, 0.2) is 16.1 Å². The van der Waals surface area contributed by atoms with E-state index < -0.39 is 6.04 Å². The van der Waals surface area contributed by atoms with Crippen molar-refractivity contribution in [1.29, 1.82) is 0 Å². The van der Waals surface area contributed by atoms with Gasteiger partial charge in [-0.15, -0.1) is 21.5 Å². The molecule has 4 rings (SSSR count). The first-order chi connectivity index (χ1) is 16.8. The number of halogens is 1. The number of thiazole rings is 1. The van der Waals surface area contributed by atoms with E-state index in [1.165, 1.54) is 23.1 Å². The van der Waals surface area contributed by atoms with Gasteiger partial charge in [0.25, 0.3) is 5.91 Å². The van der Waals surface area contributed by atoms with Crippen LogP contribution in [-0.2, 0) is 11.8 Å². The lowest BCUT2D eigenvalue weighted by Gasteiger charge is -2.13. The number of rotatable bonds is 8. The fourth-order valence-corrected chi connectivity index (χ4v) is 5.16. The molecule has 2 heterocycles. The Morgan fingerprint density at radius 2 is 1.91 bits per heavy atom. The number of aryl methyl sites for hydroxylation is 1. The Labute approximate surface area is 216 Å². The van der Waals surface area contributed by atoms with Gasteiger partial charge in [0, 0.05) is 28.1 Å². The number of benzene rings is 2.